The number of Topliss-reactive ketones (excluding diaryl/α,β-unsaturated/α-hetero) is 1. The molecule has 6 unspecified atom stereocenters. The first-order valence-corrected chi connectivity index (χ1v) is 15.4. The van der Waals surface area contributed by atoms with Gasteiger partial charge >= 0.3 is 5.97 Å². The largest absolute Gasteiger partial charge is 0.462 e. The maximum Gasteiger partial charge on any atom is 0.302 e. The molecular weight excluding hydrogens is 474 g/mol. The summed E-state index contributed by atoms with van der Waals surface area (Å²) in [7, 11) is 0. The second kappa shape index (κ2) is 8.90. The van der Waals surface area contributed by atoms with Crippen LogP contribution in [0.25, 0.3) is 0 Å². The minimum atomic E-state index is -0.654. The summed E-state index contributed by atoms with van der Waals surface area (Å²) in [5.74, 6) is 1.70. The molecule has 4 saturated carbocycles. The highest BCUT2D eigenvalue weighted by Crippen LogP contribution is 2.77. The first-order chi connectivity index (χ1) is 17.6. The molecule has 5 aliphatic rings. The van der Waals surface area contributed by atoms with Gasteiger partial charge in [0.15, 0.2) is 5.78 Å². The maximum absolute atomic E-state index is 13.5. The first kappa shape index (κ1) is 28.3. The summed E-state index contributed by atoms with van der Waals surface area (Å²) in [5.41, 5.74) is 8.34. The van der Waals surface area contributed by atoms with Gasteiger partial charge in [-0.25, -0.2) is 0 Å². The van der Waals surface area contributed by atoms with Crippen LogP contribution in [0.4, 0.5) is 0 Å². The van der Waals surface area contributed by atoms with Gasteiger partial charge in [0, 0.05) is 30.7 Å². The molecule has 3 N–H and O–H groups in total. The Hall–Kier alpha value is -1.20. The number of carbonyl (C=O) groups is 2. The summed E-state index contributed by atoms with van der Waals surface area (Å²) in [5, 5.41) is 11.3. The molecule has 5 rings (SSSR count). The van der Waals surface area contributed by atoms with E-state index in [1.807, 2.05) is 0 Å². The van der Waals surface area contributed by atoms with E-state index < -0.39 is 11.5 Å². The Labute approximate surface area is 230 Å². The van der Waals surface area contributed by atoms with Crippen molar-refractivity contribution < 1.29 is 19.4 Å². The Morgan fingerprint density at radius 1 is 0.974 bits per heavy atom. The van der Waals surface area contributed by atoms with E-state index in [0.717, 1.165) is 50.5 Å². The van der Waals surface area contributed by atoms with Crippen molar-refractivity contribution in [1.29, 1.82) is 0 Å². The van der Waals surface area contributed by atoms with Crippen molar-refractivity contribution in [1.82, 2.24) is 0 Å². The van der Waals surface area contributed by atoms with Crippen molar-refractivity contribution in [2.75, 3.05) is 6.54 Å². The molecule has 0 aromatic heterocycles. The number of hydrogen-bond acceptors (Lipinski definition) is 5. The highest BCUT2D eigenvalue weighted by Gasteiger charge is 2.70. The van der Waals surface area contributed by atoms with E-state index in [9.17, 15) is 14.7 Å². The van der Waals surface area contributed by atoms with Crippen LogP contribution in [0, 0.1) is 50.7 Å². The van der Waals surface area contributed by atoms with Gasteiger partial charge in [-0.1, -0.05) is 54.0 Å². The van der Waals surface area contributed by atoms with Gasteiger partial charge in [-0.05, 0) is 96.9 Å². The van der Waals surface area contributed by atoms with E-state index in [4.69, 9.17) is 10.5 Å². The number of ether oxygens (including phenoxy) is 1. The lowest BCUT2D eigenvalue weighted by molar-refractivity contribution is -0.234. The summed E-state index contributed by atoms with van der Waals surface area (Å²) in [4.78, 5) is 25.4. The van der Waals surface area contributed by atoms with Crippen LogP contribution in [-0.4, -0.2) is 35.6 Å². The topological polar surface area (TPSA) is 89.6 Å². The molecule has 5 heteroatoms. The summed E-state index contributed by atoms with van der Waals surface area (Å²) in [6.07, 6.45) is 8.30. The van der Waals surface area contributed by atoms with Crippen LogP contribution < -0.4 is 5.73 Å². The Bertz CT molecular complexity index is 1050. The average molecular weight is 528 g/mol. The third-order valence-corrected chi connectivity index (χ3v) is 13.6. The standard InChI is InChI=1S/C33H53NO4/c1-19(2)27-22(36)17-33(25(37)18-34)16-15-31(7)21(28(27)33)9-10-24-30(6)13-12-26(38-20(3)35)29(4,5)23(30)11-14-32(24,31)8/h19,21,23-26,37H,9-18,34H2,1-8H3/t21?,23?,24?,25?,26-,30?,31+,32+,33?/m0/s1. The minimum Gasteiger partial charge on any atom is -0.462 e. The molecule has 5 aliphatic carbocycles. The summed E-state index contributed by atoms with van der Waals surface area (Å²) >= 11 is 0. The van der Waals surface area contributed by atoms with Gasteiger partial charge in [-0.2, -0.15) is 0 Å². The molecule has 0 aromatic rings. The quantitative estimate of drug-likeness (QED) is 0.424. The summed E-state index contributed by atoms with van der Waals surface area (Å²) in [6.45, 7) is 18.4. The fourth-order valence-corrected chi connectivity index (χ4v) is 11.7. The van der Waals surface area contributed by atoms with Crippen LogP contribution in [0.2, 0.25) is 0 Å². The number of esters is 1. The number of nitrogens with two attached hydrogens (primary N) is 1. The Kier molecular flexibility index (Phi) is 6.63. The lowest BCUT2D eigenvalue weighted by Crippen LogP contribution is -2.66. The minimum absolute atomic E-state index is 0.00865. The van der Waals surface area contributed by atoms with Gasteiger partial charge < -0.3 is 15.6 Å². The lowest BCUT2D eigenvalue weighted by Gasteiger charge is -2.72. The van der Waals surface area contributed by atoms with E-state index in [1.165, 1.54) is 12.0 Å². The van der Waals surface area contributed by atoms with Gasteiger partial charge in [-0.15, -0.1) is 0 Å². The molecule has 0 aliphatic heterocycles. The molecule has 5 nitrogen and oxygen atoms in total. The fourth-order valence-electron chi connectivity index (χ4n) is 11.7. The van der Waals surface area contributed by atoms with E-state index in [-0.39, 0.29) is 52.0 Å². The molecule has 0 spiro atoms. The number of fused-ring (bicyclic) bond motifs is 7. The molecule has 0 bridgehead atoms. The fraction of sp³-hybridized carbons (Fsp3) is 0.879. The third kappa shape index (κ3) is 3.49. The Morgan fingerprint density at radius 2 is 1.66 bits per heavy atom. The molecule has 0 heterocycles. The smallest absolute Gasteiger partial charge is 0.302 e. The van der Waals surface area contributed by atoms with Gasteiger partial charge in [0.1, 0.15) is 6.10 Å². The number of allylic oxidation sites excluding steroid dienone is 1. The molecular formula is C33H53NO4. The molecule has 4 fully saturated rings. The number of rotatable bonds is 4. The predicted octanol–water partition coefficient (Wildman–Crippen LogP) is 6.22. The number of carbonyl (C=O) groups excluding carboxylic acids is 2. The number of aliphatic hydroxyl groups excluding tert-OH is 1. The molecule has 9 atom stereocenters. The maximum atomic E-state index is 13.5. The second-order valence-corrected chi connectivity index (χ2v) is 15.6. The zero-order valence-corrected chi connectivity index (χ0v) is 25.3. The van der Waals surface area contributed by atoms with Crippen LogP contribution in [0.15, 0.2) is 11.1 Å². The number of ketones is 1. The van der Waals surface area contributed by atoms with Gasteiger partial charge in [0.25, 0.3) is 0 Å². The van der Waals surface area contributed by atoms with Gasteiger partial charge in [0.2, 0.25) is 0 Å². The SMILES string of the molecule is CC(=O)O[C@H]1CCC2(C)C(CC[C@]3(C)C2CCC2C4=C(C(C)C)C(=O)CC4(C(O)CN)CC[C@]23C)C1(C)C. The third-order valence-electron chi connectivity index (χ3n) is 13.6. The normalized spacial score (nSPS) is 46.7. The van der Waals surface area contributed by atoms with Crippen LogP contribution in [0.3, 0.4) is 0 Å². The predicted molar refractivity (Wildman–Crippen MR) is 150 cm³/mol. The molecule has 0 amide bonds. The molecule has 0 saturated heterocycles. The average Bonchev–Trinajstić information content (AvgIpc) is 3.14. The van der Waals surface area contributed by atoms with E-state index in [2.05, 4.69) is 48.5 Å². The zero-order valence-electron chi connectivity index (χ0n) is 25.3. The Morgan fingerprint density at radius 3 is 2.26 bits per heavy atom. The van der Waals surface area contributed by atoms with Gasteiger partial charge in [-0.3, -0.25) is 9.59 Å². The highest BCUT2D eigenvalue weighted by atomic mass is 16.5. The van der Waals surface area contributed by atoms with Crippen molar-refractivity contribution >= 4 is 11.8 Å². The first-order valence-electron chi connectivity index (χ1n) is 15.4. The second-order valence-electron chi connectivity index (χ2n) is 15.6. The molecule has 214 valence electrons. The van der Waals surface area contributed by atoms with Crippen molar-refractivity contribution in [3.05, 3.63) is 11.1 Å². The highest BCUT2D eigenvalue weighted by molar-refractivity contribution is 6.00. The summed E-state index contributed by atoms with van der Waals surface area (Å²) in [6, 6.07) is 0. The van der Waals surface area contributed by atoms with E-state index in [1.54, 1.807) is 6.92 Å². The monoisotopic (exact) mass is 527 g/mol. The van der Waals surface area contributed by atoms with E-state index >= 15 is 0 Å². The summed E-state index contributed by atoms with van der Waals surface area (Å²) < 4.78 is 5.89. The Balaban J connectivity index is 1.57. The zero-order chi connectivity index (χ0) is 28.1. The number of hydrogen-bond donors (Lipinski definition) is 2. The van der Waals surface area contributed by atoms with Crippen molar-refractivity contribution in [2.24, 2.45) is 56.5 Å². The van der Waals surface area contributed by atoms with Crippen LogP contribution in [-0.2, 0) is 14.3 Å². The number of aliphatic hydroxyl groups is 1. The van der Waals surface area contributed by atoms with E-state index in [0.29, 0.717) is 24.2 Å². The van der Waals surface area contributed by atoms with Crippen LogP contribution in [0.5, 0.6) is 0 Å². The van der Waals surface area contributed by atoms with Crippen molar-refractivity contribution in [3.63, 3.8) is 0 Å². The lowest BCUT2D eigenvalue weighted by atomic mass is 9.33. The molecule has 0 radical (unpaired) electrons. The molecule has 38 heavy (non-hydrogen) atoms. The molecule has 0 aromatic carbocycles. The van der Waals surface area contributed by atoms with Crippen LogP contribution in [0.1, 0.15) is 113 Å². The van der Waals surface area contributed by atoms with Gasteiger partial charge in [0.05, 0.1) is 6.10 Å². The van der Waals surface area contributed by atoms with Crippen LogP contribution >= 0.6 is 0 Å². The van der Waals surface area contributed by atoms with Crippen molar-refractivity contribution in [3.8, 4) is 0 Å². The van der Waals surface area contributed by atoms with Crippen molar-refractivity contribution in [2.45, 2.75) is 125 Å².